The first-order chi connectivity index (χ1) is 17.5. The van der Waals surface area contributed by atoms with Gasteiger partial charge in [-0.2, -0.15) is 0 Å². The molecule has 11 heteroatoms. The minimum atomic E-state index is -4.23. The van der Waals surface area contributed by atoms with E-state index < -0.39 is 39.3 Å². The Hall–Kier alpha value is -4.25. The summed E-state index contributed by atoms with van der Waals surface area (Å²) in [5, 5.41) is 13.6. The van der Waals surface area contributed by atoms with Crippen LogP contribution in [0.4, 0.5) is 11.4 Å². The number of amides is 2. The highest BCUT2D eigenvalue weighted by Gasteiger charge is 2.32. The van der Waals surface area contributed by atoms with E-state index in [1.54, 1.807) is 25.1 Å². The van der Waals surface area contributed by atoms with E-state index in [-0.39, 0.29) is 22.8 Å². The molecule has 0 fully saturated rings. The number of carbonyl (C=O) groups is 2. The first-order valence-corrected chi connectivity index (χ1v) is 12.9. The second-order valence-electron chi connectivity index (χ2n) is 8.40. The van der Waals surface area contributed by atoms with Crippen molar-refractivity contribution in [3.05, 3.63) is 100 Å². The second kappa shape index (κ2) is 11.7. The summed E-state index contributed by atoms with van der Waals surface area (Å²) in [6.07, 6.45) is 0. The zero-order chi connectivity index (χ0) is 27.2. The lowest BCUT2D eigenvalue weighted by molar-refractivity contribution is -0.384. The summed E-state index contributed by atoms with van der Waals surface area (Å²) in [5.74, 6) is -1.03. The van der Waals surface area contributed by atoms with Gasteiger partial charge in [0.25, 0.3) is 15.7 Å². The molecule has 3 rings (SSSR count). The van der Waals surface area contributed by atoms with Crippen LogP contribution in [0.25, 0.3) is 0 Å². The summed E-state index contributed by atoms with van der Waals surface area (Å²) in [7, 11) is -2.78. The van der Waals surface area contributed by atoms with E-state index in [0.717, 1.165) is 15.4 Å². The number of likely N-dealkylation sites (N-methyl/N-ethyl adjacent to an activating group) is 1. The highest BCUT2D eigenvalue weighted by atomic mass is 32.2. The van der Waals surface area contributed by atoms with Gasteiger partial charge in [0.2, 0.25) is 11.8 Å². The number of non-ortho nitro benzene ring substituents is 1. The van der Waals surface area contributed by atoms with Gasteiger partial charge in [-0.3, -0.25) is 24.0 Å². The molecule has 1 N–H and O–H groups in total. The molecular weight excluding hydrogens is 496 g/mol. The van der Waals surface area contributed by atoms with E-state index in [2.05, 4.69) is 5.32 Å². The molecule has 0 saturated heterocycles. The van der Waals surface area contributed by atoms with Crippen molar-refractivity contribution in [2.75, 3.05) is 17.9 Å². The van der Waals surface area contributed by atoms with Crippen LogP contribution in [0.1, 0.15) is 18.1 Å². The van der Waals surface area contributed by atoms with Gasteiger partial charge >= 0.3 is 0 Å². The maximum atomic E-state index is 13.6. The molecular formula is C26H28N4O6S. The van der Waals surface area contributed by atoms with E-state index in [4.69, 9.17) is 0 Å². The van der Waals surface area contributed by atoms with Crippen LogP contribution >= 0.6 is 0 Å². The summed E-state index contributed by atoms with van der Waals surface area (Å²) in [6, 6.07) is 19.0. The van der Waals surface area contributed by atoms with Crippen molar-refractivity contribution >= 4 is 33.2 Å². The van der Waals surface area contributed by atoms with Crippen molar-refractivity contribution in [2.24, 2.45) is 0 Å². The molecule has 37 heavy (non-hydrogen) atoms. The maximum absolute atomic E-state index is 13.6. The number of rotatable bonds is 10. The van der Waals surface area contributed by atoms with E-state index in [0.29, 0.717) is 0 Å². The molecule has 0 spiro atoms. The van der Waals surface area contributed by atoms with Crippen molar-refractivity contribution in [3.63, 3.8) is 0 Å². The third-order valence-electron chi connectivity index (χ3n) is 5.85. The maximum Gasteiger partial charge on any atom is 0.269 e. The number of carbonyl (C=O) groups excluding carboxylic acids is 2. The lowest BCUT2D eigenvalue weighted by Crippen LogP contribution is -2.50. The number of benzene rings is 3. The van der Waals surface area contributed by atoms with Crippen LogP contribution in [0, 0.1) is 17.0 Å². The van der Waals surface area contributed by atoms with E-state index in [1.807, 2.05) is 31.2 Å². The number of anilines is 1. The number of nitro groups is 1. The molecule has 0 aliphatic rings. The Morgan fingerprint density at radius 3 is 2.11 bits per heavy atom. The summed E-state index contributed by atoms with van der Waals surface area (Å²) in [6.45, 7) is 2.94. The molecule has 3 aromatic carbocycles. The average molecular weight is 525 g/mol. The van der Waals surface area contributed by atoms with E-state index >= 15 is 0 Å². The fourth-order valence-electron chi connectivity index (χ4n) is 3.67. The van der Waals surface area contributed by atoms with Crippen molar-refractivity contribution in [2.45, 2.75) is 31.3 Å². The third-order valence-corrected chi connectivity index (χ3v) is 7.63. The minimum absolute atomic E-state index is 0.0504. The number of aryl methyl sites for hydroxylation is 1. The Bertz CT molecular complexity index is 1360. The van der Waals surface area contributed by atoms with Crippen LogP contribution in [0.15, 0.2) is 83.8 Å². The zero-order valence-electron chi connectivity index (χ0n) is 20.7. The molecule has 0 aliphatic carbocycles. The molecule has 10 nitrogen and oxygen atoms in total. The smallest absolute Gasteiger partial charge is 0.269 e. The fourth-order valence-corrected chi connectivity index (χ4v) is 5.11. The van der Waals surface area contributed by atoms with Gasteiger partial charge in [0.1, 0.15) is 12.6 Å². The van der Waals surface area contributed by atoms with Gasteiger partial charge in [0.05, 0.1) is 15.5 Å². The molecule has 0 saturated carbocycles. The molecule has 0 radical (unpaired) electrons. The predicted octanol–water partition coefficient (Wildman–Crippen LogP) is 3.26. The number of hydrogen-bond acceptors (Lipinski definition) is 6. The van der Waals surface area contributed by atoms with Gasteiger partial charge < -0.3 is 10.2 Å². The highest BCUT2D eigenvalue weighted by molar-refractivity contribution is 7.92. The molecule has 0 aromatic heterocycles. The van der Waals surface area contributed by atoms with E-state index in [1.165, 1.54) is 48.3 Å². The molecule has 1 atom stereocenters. The van der Waals surface area contributed by atoms with Crippen LogP contribution in [-0.2, 0) is 26.2 Å². The molecule has 3 aromatic rings. The zero-order valence-corrected chi connectivity index (χ0v) is 21.5. The quantitative estimate of drug-likeness (QED) is 0.320. The fraction of sp³-hybridized carbons (Fsp3) is 0.231. The Balaban J connectivity index is 2.03. The first-order valence-electron chi connectivity index (χ1n) is 11.4. The molecule has 0 heterocycles. The van der Waals surface area contributed by atoms with E-state index in [9.17, 15) is 28.1 Å². The standard InChI is InChI=1S/C26H28N4O6S/c1-19-9-11-21(12-10-19)17-28(20(2)26(32)27-3)25(31)18-29(22-13-15-23(16-14-22)30(33)34)37(35,36)24-7-5-4-6-8-24/h4-16,20H,17-18H2,1-3H3,(H,27,32)/t20-/m1/s1. The Labute approximate surface area is 215 Å². The first kappa shape index (κ1) is 27.3. The summed E-state index contributed by atoms with van der Waals surface area (Å²) >= 11 is 0. The average Bonchev–Trinajstić information content (AvgIpc) is 2.90. The van der Waals surface area contributed by atoms with Crippen LogP contribution in [0.3, 0.4) is 0 Å². The minimum Gasteiger partial charge on any atom is -0.357 e. The number of sulfonamides is 1. The van der Waals surface area contributed by atoms with Crippen molar-refractivity contribution < 1.29 is 22.9 Å². The van der Waals surface area contributed by atoms with Crippen molar-refractivity contribution in [1.29, 1.82) is 0 Å². The highest BCUT2D eigenvalue weighted by Crippen LogP contribution is 2.26. The monoisotopic (exact) mass is 524 g/mol. The largest absolute Gasteiger partial charge is 0.357 e. The van der Waals surface area contributed by atoms with Crippen LogP contribution in [-0.4, -0.2) is 49.7 Å². The Morgan fingerprint density at radius 1 is 0.973 bits per heavy atom. The molecule has 2 amide bonds. The van der Waals surface area contributed by atoms with Crippen LogP contribution < -0.4 is 9.62 Å². The lowest BCUT2D eigenvalue weighted by atomic mass is 10.1. The molecule has 194 valence electrons. The van der Waals surface area contributed by atoms with Crippen molar-refractivity contribution in [1.82, 2.24) is 10.2 Å². The van der Waals surface area contributed by atoms with Gasteiger partial charge in [-0.25, -0.2) is 8.42 Å². The molecule has 0 unspecified atom stereocenters. The normalized spacial score (nSPS) is 11.9. The predicted molar refractivity (Wildman–Crippen MR) is 139 cm³/mol. The molecule has 0 bridgehead atoms. The number of nitro benzene ring substituents is 1. The van der Waals surface area contributed by atoms with Crippen LogP contribution in [0.2, 0.25) is 0 Å². The topological polar surface area (TPSA) is 130 Å². The van der Waals surface area contributed by atoms with Crippen LogP contribution in [0.5, 0.6) is 0 Å². The van der Waals surface area contributed by atoms with Gasteiger partial charge in [0.15, 0.2) is 0 Å². The van der Waals surface area contributed by atoms with Gasteiger partial charge in [0, 0.05) is 25.7 Å². The Kier molecular flexibility index (Phi) is 8.61. The molecule has 0 aliphatic heterocycles. The number of nitrogens with zero attached hydrogens (tertiary/aromatic N) is 3. The number of nitrogens with one attached hydrogen (secondary N) is 1. The third kappa shape index (κ3) is 6.50. The lowest BCUT2D eigenvalue weighted by Gasteiger charge is -2.31. The van der Waals surface area contributed by atoms with Crippen molar-refractivity contribution in [3.8, 4) is 0 Å². The van der Waals surface area contributed by atoms with Gasteiger partial charge in [-0.1, -0.05) is 48.0 Å². The summed E-state index contributed by atoms with van der Waals surface area (Å²) < 4.78 is 28.1. The SMILES string of the molecule is CNC(=O)[C@@H](C)N(Cc1ccc(C)cc1)C(=O)CN(c1ccc([N+](=O)[O-])cc1)S(=O)(=O)c1ccccc1. The summed E-state index contributed by atoms with van der Waals surface area (Å²) in [4.78, 5) is 37.9. The number of hydrogen-bond donors (Lipinski definition) is 1. The van der Waals surface area contributed by atoms with Gasteiger partial charge in [-0.05, 0) is 43.7 Å². The summed E-state index contributed by atoms with van der Waals surface area (Å²) in [5.41, 5.74) is 1.65. The Morgan fingerprint density at radius 2 is 1.57 bits per heavy atom. The second-order valence-corrected chi connectivity index (χ2v) is 10.3. The van der Waals surface area contributed by atoms with Gasteiger partial charge in [-0.15, -0.1) is 0 Å².